The molecule has 21 heavy (non-hydrogen) atoms. The Hall–Kier alpha value is -1.52. The van der Waals surface area contributed by atoms with E-state index in [1.807, 2.05) is 38.4 Å². The second kappa shape index (κ2) is 7.48. The summed E-state index contributed by atoms with van der Waals surface area (Å²) in [5.41, 5.74) is 2.35. The number of hydrogen-bond donors (Lipinski definition) is 1. The summed E-state index contributed by atoms with van der Waals surface area (Å²) in [6.07, 6.45) is 0. The average Bonchev–Trinajstić information content (AvgIpc) is 2.48. The summed E-state index contributed by atoms with van der Waals surface area (Å²) < 4.78 is 6.93. The van der Waals surface area contributed by atoms with Crippen molar-refractivity contribution in [2.45, 2.75) is 13.5 Å². The zero-order valence-corrected chi connectivity index (χ0v) is 14.3. The molecule has 0 amide bonds. The first kappa shape index (κ1) is 15.9. The molecule has 0 aliphatic heterocycles. The Labute approximate surface area is 135 Å². The molecule has 0 heterocycles. The number of hydrogen-bond acceptors (Lipinski definition) is 3. The van der Waals surface area contributed by atoms with Gasteiger partial charge in [-0.25, -0.2) is 0 Å². The summed E-state index contributed by atoms with van der Waals surface area (Å²) in [7, 11) is 4.04. The third kappa shape index (κ3) is 4.48. The summed E-state index contributed by atoms with van der Waals surface area (Å²) in [5.74, 6) is 1.66. The van der Waals surface area contributed by atoms with E-state index in [9.17, 15) is 0 Å². The van der Waals surface area contributed by atoms with Gasteiger partial charge >= 0.3 is 0 Å². The fourth-order valence-electron chi connectivity index (χ4n) is 1.96. The maximum atomic E-state index is 5.97. The minimum absolute atomic E-state index is 0.825. The molecular weight excluding hydrogens is 328 g/mol. The number of ether oxygens (including phenoxy) is 1. The second-order valence-electron chi connectivity index (χ2n) is 5.04. The maximum Gasteiger partial charge on any atom is 0.141 e. The van der Waals surface area contributed by atoms with Crippen LogP contribution in [0.5, 0.6) is 11.5 Å². The minimum atomic E-state index is 0.825. The standard InChI is InChI=1S/C17H21BrN2O/c1-4-19-12-13-8-9-17(16(18)10-13)21-15-7-5-6-14(11-15)20(2)3/h5-11,19H,4,12H2,1-3H3. The van der Waals surface area contributed by atoms with E-state index in [1.54, 1.807) is 0 Å². The largest absolute Gasteiger partial charge is 0.456 e. The van der Waals surface area contributed by atoms with Gasteiger partial charge in [0.15, 0.2) is 0 Å². The van der Waals surface area contributed by atoms with Crippen LogP contribution < -0.4 is 15.0 Å². The molecule has 0 saturated carbocycles. The molecule has 0 aliphatic carbocycles. The van der Waals surface area contributed by atoms with Crippen LogP contribution in [0.1, 0.15) is 12.5 Å². The van der Waals surface area contributed by atoms with E-state index in [-0.39, 0.29) is 0 Å². The molecule has 0 atom stereocenters. The smallest absolute Gasteiger partial charge is 0.141 e. The molecule has 0 spiro atoms. The molecule has 0 aliphatic rings. The highest BCUT2D eigenvalue weighted by Gasteiger charge is 2.05. The number of benzene rings is 2. The minimum Gasteiger partial charge on any atom is -0.456 e. The third-order valence-corrected chi connectivity index (χ3v) is 3.76. The second-order valence-corrected chi connectivity index (χ2v) is 5.89. The first-order chi connectivity index (χ1) is 10.1. The van der Waals surface area contributed by atoms with Gasteiger partial charge in [0.2, 0.25) is 0 Å². The van der Waals surface area contributed by atoms with Gasteiger partial charge in [0.25, 0.3) is 0 Å². The molecule has 2 aromatic carbocycles. The normalized spacial score (nSPS) is 10.5. The lowest BCUT2D eigenvalue weighted by molar-refractivity contribution is 0.479. The monoisotopic (exact) mass is 348 g/mol. The Kier molecular flexibility index (Phi) is 5.65. The van der Waals surface area contributed by atoms with Gasteiger partial charge in [-0.1, -0.05) is 19.1 Å². The molecule has 0 saturated heterocycles. The van der Waals surface area contributed by atoms with Gasteiger partial charge in [-0.3, -0.25) is 0 Å². The lowest BCUT2D eigenvalue weighted by atomic mass is 10.2. The van der Waals surface area contributed by atoms with Crippen molar-refractivity contribution in [2.24, 2.45) is 0 Å². The molecule has 1 N–H and O–H groups in total. The number of anilines is 1. The lowest BCUT2D eigenvalue weighted by Crippen LogP contribution is -2.11. The fourth-order valence-corrected chi connectivity index (χ4v) is 2.47. The molecule has 0 radical (unpaired) electrons. The van der Waals surface area contributed by atoms with Gasteiger partial charge in [-0.2, -0.15) is 0 Å². The zero-order chi connectivity index (χ0) is 15.2. The molecule has 112 valence electrons. The van der Waals surface area contributed by atoms with Gasteiger partial charge in [-0.05, 0) is 52.3 Å². The Morgan fingerprint density at radius 2 is 1.95 bits per heavy atom. The highest BCUT2D eigenvalue weighted by molar-refractivity contribution is 9.10. The molecule has 3 nitrogen and oxygen atoms in total. The molecular formula is C17H21BrN2O. The molecule has 2 aromatic rings. The zero-order valence-electron chi connectivity index (χ0n) is 12.7. The Morgan fingerprint density at radius 3 is 2.62 bits per heavy atom. The molecule has 0 unspecified atom stereocenters. The van der Waals surface area contributed by atoms with Crippen molar-refractivity contribution < 1.29 is 4.74 Å². The molecule has 2 rings (SSSR count). The van der Waals surface area contributed by atoms with Crippen LogP contribution in [0.25, 0.3) is 0 Å². The molecule has 4 heteroatoms. The average molecular weight is 349 g/mol. The summed E-state index contributed by atoms with van der Waals surface area (Å²) in [4.78, 5) is 2.06. The van der Waals surface area contributed by atoms with Crippen LogP contribution in [0.3, 0.4) is 0 Å². The van der Waals surface area contributed by atoms with Gasteiger partial charge in [0.1, 0.15) is 11.5 Å². The van der Waals surface area contributed by atoms with Crippen molar-refractivity contribution in [1.29, 1.82) is 0 Å². The van der Waals surface area contributed by atoms with Crippen LogP contribution in [-0.2, 0) is 6.54 Å². The van der Waals surface area contributed by atoms with Crippen molar-refractivity contribution in [3.63, 3.8) is 0 Å². The first-order valence-electron chi connectivity index (χ1n) is 7.04. The van der Waals surface area contributed by atoms with Crippen LogP contribution in [0, 0.1) is 0 Å². The number of halogens is 1. The predicted molar refractivity (Wildman–Crippen MR) is 92.4 cm³/mol. The fraction of sp³-hybridized carbons (Fsp3) is 0.294. The number of nitrogens with zero attached hydrogens (tertiary/aromatic N) is 1. The Morgan fingerprint density at radius 1 is 1.14 bits per heavy atom. The van der Waals surface area contributed by atoms with E-state index in [0.29, 0.717) is 0 Å². The quantitative estimate of drug-likeness (QED) is 0.836. The number of rotatable bonds is 6. The van der Waals surface area contributed by atoms with Crippen LogP contribution in [0.2, 0.25) is 0 Å². The number of nitrogens with one attached hydrogen (secondary N) is 1. The van der Waals surface area contributed by atoms with E-state index >= 15 is 0 Å². The van der Waals surface area contributed by atoms with Gasteiger partial charge in [0, 0.05) is 32.4 Å². The summed E-state index contributed by atoms with van der Waals surface area (Å²) in [6, 6.07) is 14.2. The van der Waals surface area contributed by atoms with Crippen LogP contribution in [0.4, 0.5) is 5.69 Å². The van der Waals surface area contributed by atoms with E-state index in [2.05, 4.69) is 51.3 Å². The Balaban J connectivity index is 2.14. The van der Waals surface area contributed by atoms with Crippen LogP contribution >= 0.6 is 15.9 Å². The molecule has 0 aromatic heterocycles. The Bertz CT molecular complexity index is 599. The van der Waals surface area contributed by atoms with Gasteiger partial charge in [-0.15, -0.1) is 0 Å². The summed E-state index contributed by atoms with van der Waals surface area (Å²) >= 11 is 3.58. The lowest BCUT2D eigenvalue weighted by Gasteiger charge is -2.14. The van der Waals surface area contributed by atoms with E-state index in [0.717, 1.165) is 34.7 Å². The van der Waals surface area contributed by atoms with Crippen molar-refractivity contribution in [3.8, 4) is 11.5 Å². The van der Waals surface area contributed by atoms with E-state index < -0.39 is 0 Å². The third-order valence-electron chi connectivity index (χ3n) is 3.14. The van der Waals surface area contributed by atoms with Crippen LogP contribution in [0.15, 0.2) is 46.9 Å². The van der Waals surface area contributed by atoms with E-state index in [4.69, 9.17) is 4.74 Å². The van der Waals surface area contributed by atoms with Gasteiger partial charge in [0.05, 0.1) is 4.47 Å². The topological polar surface area (TPSA) is 24.5 Å². The maximum absolute atomic E-state index is 5.97. The van der Waals surface area contributed by atoms with E-state index in [1.165, 1.54) is 5.56 Å². The highest BCUT2D eigenvalue weighted by Crippen LogP contribution is 2.31. The summed E-state index contributed by atoms with van der Waals surface area (Å²) in [5, 5.41) is 3.31. The van der Waals surface area contributed by atoms with Crippen LogP contribution in [-0.4, -0.2) is 20.6 Å². The molecule has 0 fully saturated rings. The molecule has 0 bridgehead atoms. The van der Waals surface area contributed by atoms with Crippen molar-refractivity contribution in [1.82, 2.24) is 5.32 Å². The van der Waals surface area contributed by atoms with Crippen molar-refractivity contribution in [2.75, 3.05) is 25.5 Å². The predicted octanol–water partition coefficient (Wildman–Crippen LogP) is 4.42. The van der Waals surface area contributed by atoms with Gasteiger partial charge < -0.3 is 15.0 Å². The van der Waals surface area contributed by atoms with Crippen molar-refractivity contribution in [3.05, 3.63) is 52.5 Å². The SMILES string of the molecule is CCNCc1ccc(Oc2cccc(N(C)C)c2)c(Br)c1. The first-order valence-corrected chi connectivity index (χ1v) is 7.84. The summed E-state index contributed by atoms with van der Waals surface area (Å²) in [6.45, 7) is 3.93. The highest BCUT2D eigenvalue weighted by atomic mass is 79.9. The van der Waals surface area contributed by atoms with Crippen molar-refractivity contribution >= 4 is 21.6 Å².